The minimum absolute atomic E-state index is 0.0385. The van der Waals surface area contributed by atoms with Crippen molar-refractivity contribution >= 4 is 50.9 Å². The van der Waals surface area contributed by atoms with Crippen molar-refractivity contribution in [1.29, 1.82) is 0 Å². The average Bonchev–Trinajstić information content (AvgIpc) is 3.58. The number of aryl methyl sites for hydroxylation is 1. The number of amides is 2. The highest BCUT2D eigenvalue weighted by atomic mass is 79.9. The Labute approximate surface area is 187 Å². The van der Waals surface area contributed by atoms with Crippen molar-refractivity contribution in [1.82, 2.24) is 4.98 Å². The summed E-state index contributed by atoms with van der Waals surface area (Å²) in [5, 5.41) is 6.52. The minimum Gasteiger partial charge on any atom is -0.326 e. The summed E-state index contributed by atoms with van der Waals surface area (Å²) in [5.74, 6) is -0.0778. The monoisotopic (exact) mass is 481 g/mol. The number of rotatable bonds is 6. The van der Waals surface area contributed by atoms with E-state index in [4.69, 9.17) is 0 Å². The van der Waals surface area contributed by atoms with E-state index >= 15 is 0 Å². The number of aromatic nitrogens is 1. The van der Waals surface area contributed by atoms with Crippen LogP contribution in [-0.4, -0.2) is 16.8 Å². The van der Waals surface area contributed by atoms with Crippen LogP contribution in [0.4, 0.5) is 11.4 Å². The Hall–Kier alpha value is -2.64. The smallest absolute Gasteiger partial charge is 0.258 e. The van der Waals surface area contributed by atoms with Gasteiger partial charge in [0.25, 0.3) is 5.91 Å². The fourth-order valence-corrected chi connectivity index (χ4v) is 4.02. The molecule has 0 radical (unpaired) electrons. The number of halogens is 1. The summed E-state index contributed by atoms with van der Waals surface area (Å²) in [4.78, 5) is 30.5. The maximum absolute atomic E-state index is 13.0. The number of carbonyl (C=O) groups excluding carboxylic acids is 2. The lowest BCUT2D eigenvalue weighted by atomic mass is 10.1. The maximum atomic E-state index is 13.0. The van der Waals surface area contributed by atoms with E-state index in [9.17, 15) is 9.59 Å². The number of nitrogens with one attached hydrogen (secondary N) is 2. The number of anilines is 2. The lowest BCUT2D eigenvalue weighted by Crippen LogP contribution is -2.16. The molecule has 1 heterocycles. The molecule has 5 nitrogen and oxygen atoms in total. The van der Waals surface area contributed by atoms with Gasteiger partial charge in [0.1, 0.15) is 5.03 Å². The Morgan fingerprint density at radius 1 is 1.07 bits per heavy atom. The molecule has 0 bridgehead atoms. The Morgan fingerprint density at radius 2 is 1.83 bits per heavy atom. The molecule has 2 amide bonds. The normalized spacial score (nSPS) is 13.0. The van der Waals surface area contributed by atoms with Crippen LogP contribution < -0.4 is 10.6 Å². The standard InChI is InChI=1S/C23H20BrN3O2S/c1-14-4-9-17(26-21(28)15-5-6-15)13-20(14)27-22(29)19-3-2-12-25-23(19)30-18-10-7-16(24)8-11-18/h2-4,7-13,15H,5-6H2,1H3,(H,26,28)(H,27,29). The summed E-state index contributed by atoms with van der Waals surface area (Å²) < 4.78 is 0.995. The highest BCUT2D eigenvalue weighted by molar-refractivity contribution is 9.10. The summed E-state index contributed by atoms with van der Waals surface area (Å²) in [6, 6.07) is 16.9. The minimum atomic E-state index is -0.239. The van der Waals surface area contributed by atoms with Gasteiger partial charge in [-0.15, -0.1) is 0 Å². The maximum Gasteiger partial charge on any atom is 0.258 e. The van der Waals surface area contributed by atoms with Gasteiger partial charge >= 0.3 is 0 Å². The molecular formula is C23H20BrN3O2S. The van der Waals surface area contributed by atoms with Crippen LogP contribution in [0.1, 0.15) is 28.8 Å². The van der Waals surface area contributed by atoms with Gasteiger partial charge in [-0.25, -0.2) is 4.98 Å². The van der Waals surface area contributed by atoms with Gasteiger partial charge in [-0.1, -0.05) is 33.8 Å². The number of carbonyl (C=O) groups is 2. The number of nitrogens with zero attached hydrogens (tertiary/aromatic N) is 1. The Balaban J connectivity index is 1.52. The lowest BCUT2D eigenvalue weighted by molar-refractivity contribution is -0.117. The molecule has 3 aromatic rings. The molecule has 152 valence electrons. The van der Waals surface area contributed by atoms with E-state index in [0.717, 1.165) is 27.8 Å². The Kier molecular flexibility index (Phi) is 6.20. The van der Waals surface area contributed by atoms with Crippen LogP contribution in [-0.2, 0) is 4.79 Å². The number of benzene rings is 2. The van der Waals surface area contributed by atoms with Crippen molar-refractivity contribution in [2.75, 3.05) is 10.6 Å². The first-order chi connectivity index (χ1) is 14.5. The molecule has 2 aromatic carbocycles. The van der Waals surface area contributed by atoms with Crippen molar-refractivity contribution in [2.45, 2.75) is 29.7 Å². The van der Waals surface area contributed by atoms with Gasteiger partial charge in [0.05, 0.1) is 5.56 Å². The highest BCUT2D eigenvalue weighted by Gasteiger charge is 2.29. The van der Waals surface area contributed by atoms with Crippen molar-refractivity contribution in [3.63, 3.8) is 0 Å². The van der Waals surface area contributed by atoms with Crippen molar-refractivity contribution in [3.05, 3.63) is 76.4 Å². The largest absolute Gasteiger partial charge is 0.326 e. The van der Waals surface area contributed by atoms with E-state index in [1.165, 1.54) is 11.8 Å². The van der Waals surface area contributed by atoms with Gasteiger partial charge < -0.3 is 10.6 Å². The number of hydrogen-bond acceptors (Lipinski definition) is 4. The lowest BCUT2D eigenvalue weighted by Gasteiger charge is -2.13. The van der Waals surface area contributed by atoms with Crippen molar-refractivity contribution < 1.29 is 9.59 Å². The van der Waals surface area contributed by atoms with E-state index in [2.05, 4.69) is 31.5 Å². The van der Waals surface area contributed by atoms with E-state index in [1.54, 1.807) is 24.4 Å². The summed E-state index contributed by atoms with van der Waals surface area (Å²) in [6.07, 6.45) is 3.57. The van der Waals surface area contributed by atoms with Crippen LogP contribution in [0.5, 0.6) is 0 Å². The Morgan fingerprint density at radius 3 is 2.57 bits per heavy atom. The molecule has 0 spiro atoms. The molecule has 0 atom stereocenters. The van der Waals surface area contributed by atoms with Crippen LogP contribution >= 0.6 is 27.7 Å². The first-order valence-corrected chi connectivity index (χ1v) is 11.2. The second kappa shape index (κ2) is 9.02. The van der Waals surface area contributed by atoms with Gasteiger partial charge in [0.2, 0.25) is 5.91 Å². The van der Waals surface area contributed by atoms with Crippen molar-refractivity contribution in [3.8, 4) is 0 Å². The fourth-order valence-electron chi connectivity index (χ4n) is 2.87. The molecule has 0 aliphatic heterocycles. The molecule has 4 rings (SSSR count). The molecule has 0 unspecified atom stereocenters. The molecule has 1 aromatic heterocycles. The third kappa shape index (κ3) is 5.09. The van der Waals surface area contributed by atoms with Crippen LogP contribution in [0.15, 0.2) is 75.2 Å². The predicted molar refractivity (Wildman–Crippen MR) is 123 cm³/mol. The van der Waals surface area contributed by atoms with Crippen LogP contribution in [0.3, 0.4) is 0 Å². The second-order valence-corrected chi connectivity index (χ2v) is 9.14. The molecule has 7 heteroatoms. The van der Waals surface area contributed by atoms with E-state index < -0.39 is 0 Å². The van der Waals surface area contributed by atoms with Crippen LogP contribution in [0.25, 0.3) is 0 Å². The zero-order valence-electron chi connectivity index (χ0n) is 16.3. The SMILES string of the molecule is Cc1ccc(NC(=O)C2CC2)cc1NC(=O)c1cccnc1Sc1ccc(Br)cc1. The summed E-state index contributed by atoms with van der Waals surface area (Å²) in [5.41, 5.74) is 2.76. The zero-order chi connectivity index (χ0) is 21.1. The molecule has 1 saturated carbocycles. The van der Waals surface area contributed by atoms with Gasteiger partial charge in [-0.2, -0.15) is 0 Å². The average molecular weight is 482 g/mol. The van der Waals surface area contributed by atoms with Gasteiger partial charge in [-0.05, 0) is 73.9 Å². The molecule has 1 fully saturated rings. The molecule has 1 aliphatic carbocycles. The highest BCUT2D eigenvalue weighted by Crippen LogP contribution is 2.32. The van der Waals surface area contributed by atoms with Gasteiger partial charge in [0.15, 0.2) is 0 Å². The quantitative estimate of drug-likeness (QED) is 0.459. The zero-order valence-corrected chi connectivity index (χ0v) is 18.7. The molecule has 30 heavy (non-hydrogen) atoms. The van der Waals surface area contributed by atoms with Gasteiger partial charge in [-0.3, -0.25) is 9.59 Å². The predicted octanol–water partition coefficient (Wildman–Crippen LogP) is 5.90. The summed E-state index contributed by atoms with van der Waals surface area (Å²) in [7, 11) is 0. The molecule has 2 N–H and O–H groups in total. The fraction of sp³-hybridized carbons (Fsp3) is 0.174. The third-order valence-corrected chi connectivity index (χ3v) is 6.30. The Bertz CT molecular complexity index is 1100. The van der Waals surface area contributed by atoms with Crippen LogP contribution in [0, 0.1) is 12.8 Å². The molecule has 0 saturated heterocycles. The first-order valence-electron chi connectivity index (χ1n) is 9.61. The topological polar surface area (TPSA) is 71.1 Å². The van der Waals surface area contributed by atoms with Gasteiger partial charge in [0, 0.05) is 32.9 Å². The first kappa shape index (κ1) is 20.6. The molecular weight excluding hydrogens is 462 g/mol. The summed E-state index contributed by atoms with van der Waals surface area (Å²) in [6.45, 7) is 1.92. The third-order valence-electron chi connectivity index (χ3n) is 4.75. The van der Waals surface area contributed by atoms with Crippen LogP contribution in [0.2, 0.25) is 0 Å². The number of hydrogen-bond donors (Lipinski definition) is 2. The van der Waals surface area contributed by atoms with E-state index in [1.807, 2.05) is 43.3 Å². The van der Waals surface area contributed by atoms with E-state index in [-0.39, 0.29) is 17.7 Å². The van der Waals surface area contributed by atoms with E-state index in [0.29, 0.717) is 22.0 Å². The molecule has 1 aliphatic rings. The number of pyridine rings is 1. The summed E-state index contributed by atoms with van der Waals surface area (Å²) >= 11 is 4.87. The van der Waals surface area contributed by atoms with Crippen molar-refractivity contribution in [2.24, 2.45) is 5.92 Å². The second-order valence-electron chi connectivity index (χ2n) is 7.16.